The fraction of sp³-hybridized carbons (Fsp3) is 0.940. The molecule has 0 amide bonds. The van der Waals surface area contributed by atoms with E-state index in [2.05, 4.69) is 48.5 Å². The molecular formula is C67H130O17P2. The second-order valence-corrected chi connectivity index (χ2v) is 28.5. The maximum atomic E-state index is 13.0. The quantitative estimate of drug-likeness (QED) is 0.0222. The Morgan fingerprint density at radius 1 is 0.314 bits per heavy atom. The van der Waals surface area contributed by atoms with Crippen LogP contribution in [0.3, 0.4) is 0 Å². The molecule has 0 saturated heterocycles. The van der Waals surface area contributed by atoms with Gasteiger partial charge in [0.05, 0.1) is 26.4 Å². The van der Waals surface area contributed by atoms with Gasteiger partial charge in [0.1, 0.15) is 19.3 Å². The van der Waals surface area contributed by atoms with E-state index in [4.69, 9.17) is 37.0 Å². The molecule has 0 aliphatic carbocycles. The summed E-state index contributed by atoms with van der Waals surface area (Å²) in [6, 6.07) is 0. The third kappa shape index (κ3) is 60.9. The van der Waals surface area contributed by atoms with Gasteiger partial charge in [0, 0.05) is 25.7 Å². The number of carbonyl (C=O) groups is 4. The van der Waals surface area contributed by atoms with Crippen LogP contribution in [0, 0.1) is 17.8 Å². The first-order valence-electron chi connectivity index (χ1n) is 34.8. The molecule has 0 aromatic rings. The molecule has 0 aromatic heterocycles. The van der Waals surface area contributed by atoms with Gasteiger partial charge in [0.2, 0.25) is 0 Å². The summed E-state index contributed by atoms with van der Waals surface area (Å²) in [5.41, 5.74) is 0. The smallest absolute Gasteiger partial charge is 0.462 e. The molecule has 0 heterocycles. The molecule has 17 nitrogen and oxygen atoms in total. The Bertz CT molecular complexity index is 1700. The van der Waals surface area contributed by atoms with E-state index in [1.165, 1.54) is 135 Å². The summed E-state index contributed by atoms with van der Waals surface area (Å²) in [6.07, 6.45) is 40.4. The number of phosphoric acid groups is 2. The minimum absolute atomic E-state index is 0.105. The lowest BCUT2D eigenvalue weighted by molar-refractivity contribution is -0.161. The topological polar surface area (TPSA) is 237 Å². The molecule has 0 saturated carbocycles. The van der Waals surface area contributed by atoms with E-state index < -0.39 is 97.5 Å². The van der Waals surface area contributed by atoms with Crippen molar-refractivity contribution in [3.63, 3.8) is 0 Å². The van der Waals surface area contributed by atoms with Gasteiger partial charge in [-0.05, 0) is 43.4 Å². The van der Waals surface area contributed by atoms with Crippen LogP contribution in [0.25, 0.3) is 0 Å². The minimum Gasteiger partial charge on any atom is -0.462 e. The standard InChI is InChI=1S/C67H130O17P2/c1-8-9-10-11-12-13-14-15-21-27-36-43-50-66(71)84-63(55-78-65(70)49-42-35-30-29-33-40-47-60(6)7)57-82-86(75,76)80-53-61(68)52-79-85(73,74)81-56-62(54-77-64(69)48-41-34-26-23-18-20-25-32-39-46-59(4)5)83-67(72)51-44-37-28-22-17-16-19-24-31-38-45-58(2)3/h58-63,68H,8-57H2,1-7H3,(H,73,74)(H,75,76)/t61-,62-,63-/m1/s1. The predicted octanol–water partition coefficient (Wildman–Crippen LogP) is 18.7. The molecule has 0 spiro atoms. The number of unbranched alkanes of at least 4 members (excludes halogenated alkanes) is 33. The summed E-state index contributed by atoms with van der Waals surface area (Å²) < 4.78 is 68.1. The van der Waals surface area contributed by atoms with Crippen LogP contribution in [0.5, 0.6) is 0 Å². The Balaban J connectivity index is 5.25. The lowest BCUT2D eigenvalue weighted by Crippen LogP contribution is -2.30. The number of rotatable bonds is 65. The maximum Gasteiger partial charge on any atom is 0.472 e. The lowest BCUT2D eigenvalue weighted by Gasteiger charge is -2.21. The van der Waals surface area contributed by atoms with Crippen LogP contribution in [-0.2, 0) is 65.4 Å². The van der Waals surface area contributed by atoms with Crippen LogP contribution in [-0.4, -0.2) is 96.7 Å². The van der Waals surface area contributed by atoms with Crippen LogP contribution in [0.4, 0.5) is 0 Å². The van der Waals surface area contributed by atoms with E-state index in [9.17, 15) is 43.2 Å². The zero-order valence-corrected chi connectivity index (χ0v) is 57.6. The number of carbonyl (C=O) groups excluding carboxylic acids is 4. The Kier molecular flexibility index (Phi) is 56.9. The predicted molar refractivity (Wildman–Crippen MR) is 344 cm³/mol. The Labute approximate surface area is 524 Å². The molecule has 86 heavy (non-hydrogen) atoms. The van der Waals surface area contributed by atoms with Gasteiger partial charge in [-0.3, -0.25) is 37.3 Å². The van der Waals surface area contributed by atoms with E-state index in [-0.39, 0.29) is 25.7 Å². The molecule has 510 valence electrons. The second-order valence-electron chi connectivity index (χ2n) is 25.6. The maximum absolute atomic E-state index is 13.0. The highest BCUT2D eigenvalue weighted by atomic mass is 31.2. The zero-order valence-electron chi connectivity index (χ0n) is 55.8. The van der Waals surface area contributed by atoms with Crippen LogP contribution >= 0.6 is 15.6 Å². The highest BCUT2D eigenvalue weighted by Crippen LogP contribution is 2.45. The van der Waals surface area contributed by atoms with Gasteiger partial charge in [-0.2, -0.15) is 0 Å². The Morgan fingerprint density at radius 3 is 0.791 bits per heavy atom. The molecule has 19 heteroatoms. The number of hydrogen-bond acceptors (Lipinski definition) is 15. The van der Waals surface area contributed by atoms with Gasteiger partial charge in [-0.25, -0.2) is 9.13 Å². The summed E-state index contributed by atoms with van der Waals surface area (Å²) >= 11 is 0. The highest BCUT2D eigenvalue weighted by Gasteiger charge is 2.30. The second kappa shape index (κ2) is 58.2. The van der Waals surface area contributed by atoms with E-state index in [0.717, 1.165) is 108 Å². The van der Waals surface area contributed by atoms with Crippen molar-refractivity contribution in [3.05, 3.63) is 0 Å². The molecule has 0 rings (SSSR count). The number of aliphatic hydroxyl groups is 1. The van der Waals surface area contributed by atoms with Crippen molar-refractivity contribution in [1.29, 1.82) is 0 Å². The zero-order chi connectivity index (χ0) is 63.8. The van der Waals surface area contributed by atoms with Crippen molar-refractivity contribution in [2.75, 3.05) is 39.6 Å². The first kappa shape index (κ1) is 84.1. The van der Waals surface area contributed by atoms with Crippen molar-refractivity contribution in [3.8, 4) is 0 Å². The first-order chi connectivity index (χ1) is 41.2. The number of ether oxygens (including phenoxy) is 4. The average Bonchev–Trinajstić information content (AvgIpc) is 3.55. The van der Waals surface area contributed by atoms with Gasteiger partial charge < -0.3 is 33.8 Å². The van der Waals surface area contributed by atoms with E-state index in [1.54, 1.807) is 0 Å². The fourth-order valence-electron chi connectivity index (χ4n) is 10.0. The van der Waals surface area contributed by atoms with Crippen LogP contribution in [0.2, 0.25) is 0 Å². The van der Waals surface area contributed by atoms with Gasteiger partial charge in [-0.15, -0.1) is 0 Å². The monoisotopic (exact) mass is 1270 g/mol. The summed E-state index contributed by atoms with van der Waals surface area (Å²) in [5, 5.41) is 10.6. The molecule has 3 N–H and O–H groups in total. The summed E-state index contributed by atoms with van der Waals surface area (Å²) in [5.74, 6) is 0.0436. The first-order valence-corrected chi connectivity index (χ1v) is 37.8. The van der Waals surface area contributed by atoms with Gasteiger partial charge in [-0.1, -0.05) is 280 Å². The summed E-state index contributed by atoms with van der Waals surface area (Å²) in [6.45, 7) is 11.7. The summed E-state index contributed by atoms with van der Waals surface area (Å²) in [4.78, 5) is 72.4. The molecule has 0 radical (unpaired) electrons. The number of hydrogen-bond donors (Lipinski definition) is 3. The van der Waals surface area contributed by atoms with E-state index in [0.29, 0.717) is 31.6 Å². The van der Waals surface area contributed by atoms with Gasteiger partial charge in [0.15, 0.2) is 12.2 Å². The van der Waals surface area contributed by atoms with Gasteiger partial charge >= 0.3 is 39.5 Å². The van der Waals surface area contributed by atoms with E-state index >= 15 is 0 Å². The van der Waals surface area contributed by atoms with Crippen molar-refractivity contribution in [2.45, 2.75) is 349 Å². The normalized spacial score (nSPS) is 14.3. The SMILES string of the molecule is CCCCCCCCCCCCCCC(=O)O[C@H](COC(=O)CCCCCCCCC(C)C)COP(=O)(O)OC[C@H](O)COP(=O)(O)OC[C@@H](COC(=O)CCCCCCCCCCCC(C)C)OC(=O)CCCCCCCCCCCCC(C)C. The highest BCUT2D eigenvalue weighted by molar-refractivity contribution is 7.47. The molecule has 0 fully saturated rings. The number of phosphoric ester groups is 2. The molecule has 0 aliphatic heterocycles. The molecule has 0 aliphatic rings. The molecule has 2 unspecified atom stereocenters. The van der Waals surface area contributed by atoms with Crippen LogP contribution in [0.1, 0.15) is 331 Å². The summed E-state index contributed by atoms with van der Waals surface area (Å²) in [7, 11) is -9.89. The number of esters is 4. The average molecular weight is 1270 g/mol. The Hall–Kier alpha value is -1.94. The minimum atomic E-state index is -4.95. The van der Waals surface area contributed by atoms with Crippen molar-refractivity contribution in [2.24, 2.45) is 17.8 Å². The van der Waals surface area contributed by atoms with Crippen LogP contribution < -0.4 is 0 Å². The third-order valence-electron chi connectivity index (χ3n) is 15.4. The fourth-order valence-corrected chi connectivity index (χ4v) is 11.6. The van der Waals surface area contributed by atoms with Crippen LogP contribution in [0.15, 0.2) is 0 Å². The van der Waals surface area contributed by atoms with Crippen molar-refractivity contribution in [1.82, 2.24) is 0 Å². The van der Waals surface area contributed by atoms with Gasteiger partial charge in [0.25, 0.3) is 0 Å². The molecule has 0 aromatic carbocycles. The third-order valence-corrected chi connectivity index (χ3v) is 17.3. The molecule has 5 atom stereocenters. The van der Waals surface area contributed by atoms with Crippen molar-refractivity contribution >= 4 is 39.5 Å². The molecule has 0 bridgehead atoms. The molecular weight excluding hydrogens is 1140 g/mol. The van der Waals surface area contributed by atoms with Crippen molar-refractivity contribution < 1.29 is 80.2 Å². The number of aliphatic hydroxyl groups excluding tert-OH is 1. The lowest BCUT2D eigenvalue weighted by atomic mass is 10.0. The van der Waals surface area contributed by atoms with E-state index in [1.807, 2.05) is 0 Å². The largest absolute Gasteiger partial charge is 0.472 e. The Morgan fingerprint density at radius 2 is 0.535 bits per heavy atom.